The van der Waals surface area contributed by atoms with Crippen molar-refractivity contribution in [1.29, 1.82) is 0 Å². The number of hydrogen-bond donors (Lipinski definition) is 0. The maximum atomic E-state index is 11.6. The number of hydrogen-bond acceptors (Lipinski definition) is 1. The summed E-state index contributed by atoms with van der Waals surface area (Å²) in [5.41, 5.74) is 1.92. The molecule has 0 amide bonds. The van der Waals surface area contributed by atoms with E-state index >= 15 is 0 Å². The second-order valence-electron chi connectivity index (χ2n) is 2.85. The van der Waals surface area contributed by atoms with Gasteiger partial charge >= 0.3 is 0 Å². The molecule has 13 heavy (non-hydrogen) atoms. The molecule has 0 aliphatic rings. The number of carbonyl (C=O) groups excluding carboxylic acids is 1. The average molecular weight is 306 g/mol. The fraction of sp³-hybridized carbons (Fsp3) is 0.300. The van der Waals surface area contributed by atoms with Gasteiger partial charge in [-0.1, -0.05) is 61.7 Å². The third kappa shape index (κ3) is 2.92. The van der Waals surface area contributed by atoms with Crippen molar-refractivity contribution < 1.29 is 4.79 Å². The van der Waals surface area contributed by atoms with Gasteiger partial charge in [0.25, 0.3) is 0 Å². The number of benzene rings is 1. The topological polar surface area (TPSA) is 17.1 Å². The highest BCUT2D eigenvalue weighted by atomic mass is 79.9. The summed E-state index contributed by atoms with van der Waals surface area (Å²) in [5.74, 6) is 0.122. The molecule has 3 heteroatoms. The smallest absolute Gasteiger partial charge is 0.177 e. The summed E-state index contributed by atoms with van der Waals surface area (Å²) >= 11 is 6.56. The van der Waals surface area contributed by atoms with Crippen molar-refractivity contribution in [2.45, 2.75) is 11.8 Å². The Bertz CT molecular complexity index is 292. The molecule has 0 fully saturated rings. The lowest BCUT2D eigenvalue weighted by atomic mass is 10.1. The third-order valence-electron chi connectivity index (χ3n) is 1.76. The van der Waals surface area contributed by atoms with Gasteiger partial charge < -0.3 is 0 Å². The quantitative estimate of drug-likeness (QED) is 0.618. The van der Waals surface area contributed by atoms with E-state index in [0.717, 1.165) is 5.56 Å². The van der Waals surface area contributed by atoms with Gasteiger partial charge in [0.1, 0.15) is 0 Å². The fourth-order valence-corrected chi connectivity index (χ4v) is 1.53. The zero-order valence-corrected chi connectivity index (χ0v) is 10.4. The first-order valence-electron chi connectivity index (χ1n) is 3.96. The van der Waals surface area contributed by atoms with E-state index in [-0.39, 0.29) is 10.6 Å². The number of Topliss-reactive ketones (excluding diaryl/α,β-unsaturated/α-hetero) is 1. The molecule has 1 unspecified atom stereocenters. The van der Waals surface area contributed by atoms with Crippen LogP contribution in [-0.2, 0) is 0 Å². The van der Waals surface area contributed by atoms with E-state index in [9.17, 15) is 4.79 Å². The summed E-state index contributed by atoms with van der Waals surface area (Å²) in [4.78, 5) is 11.5. The normalized spacial score (nSPS) is 12.5. The van der Waals surface area contributed by atoms with Crippen LogP contribution in [0, 0.1) is 6.92 Å². The van der Waals surface area contributed by atoms with E-state index in [4.69, 9.17) is 0 Å². The molecule has 0 aromatic heterocycles. The molecule has 1 aromatic carbocycles. The highest BCUT2D eigenvalue weighted by Crippen LogP contribution is 2.13. The first kappa shape index (κ1) is 10.9. The van der Waals surface area contributed by atoms with Crippen LogP contribution < -0.4 is 0 Å². The summed E-state index contributed by atoms with van der Waals surface area (Å²) < 4.78 is 0. The minimum Gasteiger partial charge on any atom is -0.293 e. The van der Waals surface area contributed by atoms with E-state index in [1.165, 1.54) is 5.56 Å². The number of alkyl halides is 2. The molecule has 1 rings (SSSR count). The lowest BCUT2D eigenvalue weighted by Gasteiger charge is -2.04. The first-order chi connectivity index (χ1) is 6.15. The first-order valence-corrected chi connectivity index (χ1v) is 6.00. The lowest BCUT2D eigenvalue weighted by molar-refractivity contribution is 0.0997. The van der Waals surface area contributed by atoms with Gasteiger partial charge in [0.2, 0.25) is 0 Å². The van der Waals surface area contributed by atoms with Gasteiger partial charge in [0.15, 0.2) is 5.78 Å². The number of ketones is 1. The number of rotatable bonds is 3. The van der Waals surface area contributed by atoms with Crippen LogP contribution in [-0.4, -0.2) is 15.9 Å². The molecule has 0 saturated carbocycles. The Morgan fingerprint density at radius 1 is 1.38 bits per heavy atom. The standard InChI is InChI=1S/C10H10Br2O/c1-7-2-4-8(5-3-7)10(13)9(12)6-11/h2-5,9H,6H2,1H3. The van der Waals surface area contributed by atoms with Crippen molar-refractivity contribution in [3.05, 3.63) is 35.4 Å². The minimum atomic E-state index is -0.129. The molecule has 0 N–H and O–H groups in total. The molecular weight excluding hydrogens is 296 g/mol. The molecule has 1 nitrogen and oxygen atoms in total. The van der Waals surface area contributed by atoms with Gasteiger partial charge in [0.05, 0.1) is 4.83 Å². The van der Waals surface area contributed by atoms with E-state index in [1.807, 2.05) is 31.2 Å². The Labute approximate surface area is 94.8 Å². The van der Waals surface area contributed by atoms with Crippen LogP contribution in [0.3, 0.4) is 0 Å². The van der Waals surface area contributed by atoms with Crippen LogP contribution in [0.15, 0.2) is 24.3 Å². The molecule has 0 radical (unpaired) electrons. The molecule has 0 heterocycles. The molecule has 1 atom stereocenters. The van der Waals surface area contributed by atoms with Crippen LogP contribution in [0.2, 0.25) is 0 Å². The maximum Gasteiger partial charge on any atom is 0.177 e. The van der Waals surface area contributed by atoms with Crippen molar-refractivity contribution in [2.24, 2.45) is 0 Å². The van der Waals surface area contributed by atoms with Gasteiger partial charge in [-0.15, -0.1) is 0 Å². The lowest BCUT2D eigenvalue weighted by Crippen LogP contribution is -2.15. The molecule has 0 spiro atoms. The monoisotopic (exact) mass is 304 g/mol. The van der Waals surface area contributed by atoms with Crippen LogP contribution in [0.1, 0.15) is 15.9 Å². The second-order valence-corrected chi connectivity index (χ2v) is 4.60. The zero-order chi connectivity index (χ0) is 9.84. The van der Waals surface area contributed by atoms with Gasteiger partial charge in [-0.2, -0.15) is 0 Å². The van der Waals surface area contributed by atoms with Crippen molar-refractivity contribution in [3.63, 3.8) is 0 Å². The van der Waals surface area contributed by atoms with Gasteiger partial charge in [-0.05, 0) is 6.92 Å². The Kier molecular flexibility index (Phi) is 4.13. The zero-order valence-electron chi connectivity index (χ0n) is 7.26. The third-order valence-corrected chi connectivity index (χ3v) is 4.01. The summed E-state index contributed by atoms with van der Waals surface area (Å²) in [7, 11) is 0. The highest BCUT2D eigenvalue weighted by Gasteiger charge is 2.14. The number of carbonyl (C=O) groups is 1. The highest BCUT2D eigenvalue weighted by molar-refractivity contribution is 9.12. The van der Waals surface area contributed by atoms with E-state index in [1.54, 1.807) is 0 Å². The second kappa shape index (κ2) is 4.91. The molecule has 0 saturated heterocycles. The van der Waals surface area contributed by atoms with Crippen molar-refractivity contribution in [1.82, 2.24) is 0 Å². The van der Waals surface area contributed by atoms with Crippen LogP contribution >= 0.6 is 31.9 Å². The van der Waals surface area contributed by atoms with Crippen molar-refractivity contribution >= 4 is 37.6 Å². The summed E-state index contributed by atoms with van der Waals surface area (Å²) in [5, 5.41) is 0.639. The SMILES string of the molecule is Cc1ccc(C(=O)C(Br)CBr)cc1. The van der Waals surface area contributed by atoms with Crippen LogP contribution in [0.5, 0.6) is 0 Å². The van der Waals surface area contributed by atoms with Gasteiger partial charge in [-0.25, -0.2) is 0 Å². The largest absolute Gasteiger partial charge is 0.293 e. The number of aryl methyl sites for hydroxylation is 1. The minimum absolute atomic E-state index is 0.122. The Hall–Kier alpha value is -0.150. The van der Waals surface area contributed by atoms with E-state index < -0.39 is 0 Å². The summed E-state index contributed by atoms with van der Waals surface area (Å²) in [6, 6.07) is 7.60. The molecule has 1 aromatic rings. The molecular formula is C10H10Br2O. The van der Waals surface area contributed by atoms with Gasteiger partial charge in [-0.3, -0.25) is 4.79 Å². The molecule has 0 bridgehead atoms. The predicted molar refractivity (Wildman–Crippen MR) is 62.0 cm³/mol. The number of halogens is 2. The van der Waals surface area contributed by atoms with Crippen LogP contribution in [0.25, 0.3) is 0 Å². The molecule has 0 aliphatic carbocycles. The molecule has 0 aliphatic heterocycles. The van der Waals surface area contributed by atoms with E-state index in [2.05, 4.69) is 31.9 Å². The Balaban J connectivity index is 2.83. The average Bonchev–Trinajstić information content (AvgIpc) is 2.17. The van der Waals surface area contributed by atoms with Crippen molar-refractivity contribution in [2.75, 3.05) is 5.33 Å². The Morgan fingerprint density at radius 3 is 2.38 bits per heavy atom. The van der Waals surface area contributed by atoms with E-state index in [0.29, 0.717) is 5.33 Å². The Morgan fingerprint density at radius 2 is 1.92 bits per heavy atom. The predicted octanol–water partition coefficient (Wildman–Crippen LogP) is 3.34. The van der Waals surface area contributed by atoms with Crippen LogP contribution in [0.4, 0.5) is 0 Å². The maximum absolute atomic E-state index is 11.6. The fourth-order valence-electron chi connectivity index (χ4n) is 0.969. The summed E-state index contributed by atoms with van der Waals surface area (Å²) in [6.07, 6.45) is 0. The van der Waals surface area contributed by atoms with Crippen molar-refractivity contribution in [3.8, 4) is 0 Å². The van der Waals surface area contributed by atoms with Gasteiger partial charge in [0, 0.05) is 10.9 Å². The summed E-state index contributed by atoms with van der Waals surface area (Å²) in [6.45, 7) is 2.00. The molecule has 70 valence electrons.